The van der Waals surface area contributed by atoms with Gasteiger partial charge in [-0.15, -0.1) is 0 Å². The van der Waals surface area contributed by atoms with Crippen LogP contribution in [0.2, 0.25) is 0 Å². The summed E-state index contributed by atoms with van der Waals surface area (Å²) >= 11 is 2.01. The number of benzene rings is 1. The van der Waals surface area contributed by atoms with Gasteiger partial charge in [-0.25, -0.2) is 0 Å². The van der Waals surface area contributed by atoms with Crippen LogP contribution in [0.15, 0.2) is 23.8 Å². The van der Waals surface area contributed by atoms with Crippen molar-refractivity contribution in [2.24, 2.45) is 0 Å². The van der Waals surface area contributed by atoms with Crippen molar-refractivity contribution in [3.63, 3.8) is 0 Å². The Morgan fingerprint density at radius 1 is 1.32 bits per heavy atom. The summed E-state index contributed by atoms with van der Waals surface area (Å²) < 4.78 is 23.1. The van der Waals surface area contributed by atoms with Crippen molar-refractivity contribution in [3.8, 4) is 11.5 Å². The third kappa shape index (κ3) is 7.65. The molecule has 12 heteroatoms. The van der Waals surface area contributed by atoms with Gasteiger partial charge in [-0.05, 0) is 53.6 Å². The number of hydrogen-bond acceptors (Lipinski definition) is 9. The van der Waals surface area contributed by atoms with Gasteiger partial charge in [0.1, 0.15) is 18.5 Å². The molecule has 0 aromatic heterocycles. The van der Waals surface area contributed by atoms with E-state index < -0.39 is 24.2 Å². The molecule has 3 N–H and O–H groups in total. The number of halogens is 1. The van der Waals surface area contributed by atoms with Crippen LogP contribution >= 0.6 is 22.6 Å². The van der Waals surface area contributed by atoms with Gasteiger partial charge < -0.3 is 39.4 Å². The quantitative estimate of drug-likeness (QED) is 0.212. The third-order valence-corrected chi connectivity index (χ3v) is 7.32. The first-order valence-electron chi connectivity index (χ1n) is 12.5. The van der Waals surface area contributed by atoms with Gasteiger partial charge in [0, 0.05) is 44.4 Å². The van der Waals surface area contributed by atoms with Gasteiger partial charge >= 0.3 is 0 Å². The Morgan fingerprint density at radius 3 is 2.74 bits per heavy atom. The highest BCUT2D eigenvalue weighted by Gasteiger charge is 2.41. The molecule has 11 nitrogen and oxygen atoms in total. The van der Waals surface area contributed by atoms with Crippen molar-refractivity contribution in [1.82, 2.24) is 10.2 Å². The normalized spacial score (nSPS) is 22.9. The van der Waals surface area contributed by atoms with Crippen LogP contribution in [0.25, 0.3) is 0 Å². The number of aldehydes is 1. The molecule has 2 aliphatic rings. The zero-order valence-corrected chi connectivity index (χ0v) is 23.7. The van der Waals surface area contributed by atoms with E-state index in [-0.39, 0.29) is 51.2 Å². The second kappa shape index (κ2) is 14.8. The van der Waals surface area contributed by atoms with Crippen molar-refractivity contribution in [3.05, 3.63) is 32.9 Å². The SMILES string of the molecule is COCCC(=O)N(C[C@H]1CCCO1)[C@@H]1CC(C(=O)NCCO)=C[C@H](Oc2c(I)cc(C=O)cc2OC)[C@H]1O. The Hall–Kier alpha value is -2.26. The largest absolute Gasteiger partial charge is 0.493 e. The van der Waals surface area contributed by atoms with Crippen molar-refractivity contribution in [1.29, 1.82) is 0 Å². The minimum atomic E-state index is -1.19. The van der Waals surface area contributed by atoms with Gasteiger partial charge in [-0.1, -0.05) is 0 Å². The predicted molar refractivity (Wildman–Crippen MR) is 145 cm³/mol. The summed E-state index contributed by atoms with van der Waals surface area (Å²) in [4.78, 5) is 39.1. The molecule has 1 saturated heterocycles. The molecule has 1 aromatic carbocycles. The van der Waals surface area contributed by atoms with Crippen LogP contribution in [0.1, 0.15) is 36.0 Å². The smallest absolute Gasteiger partial charge is 0.247 e. The number of aliphatic hydroxyl groups excluding tert-OH is 2. The van der Waals surface area contributed by atoms with E-state index in [1.807, 2.05) is 22.6 Å². The van der Waals surface area contributed by atoms with Crippen LogP contribution in [-0.2, 0) is 19.1 Å². The number of nitrogens with one attached hydrogen (secondary N) is 1. The van der Waals surface area contributed by atoms with Crippen LogP contribution in [-0.4, -0.2) is 105 Å². The first-order chi connectivity index (χ1) is 18.3. The standard InChI is InChI=1S/C26H35IN2O9/c1-35-9-5-23(32)29(14-18-4-3-8-37-18)20-12-17(26(34)28-6-7-30)13-21(24(20)33)38-25-19(27)10-16(15-31)11-22(25)36-2/h10-11,13,15,18,20-21,24,30,33H,3-9,12,14H2,1-2H3,(H,28,34)/t18-,20-,21+,24+/m1/s1. The fourth-order valence-corrected chi connectivity index (χ4v) is 5.35. The van der Waals surface area contributed by atoms with Crippen LogP contribution in [0.3, 0.4) is 0 Å². The van der Waals surface area contributed by atoms with Crippen LogP contribution in [0, 0.1) is 3.57 Å². The number of methoxy groups -OCH3 is 2. The maximum Gasteiger partial charge on any atom is 0.247 e. The van der Waals surface area contributed by atoms with E-state index in [4.69, 9.17) is 18.9 Å². The van der Waals surface area contributed by atoms with E-state index >= 15 is 0 Å². The van der Waals surface area contributed by atoms with Crippen molar-refractivity contribution in [2.75, 3.05) is 47.1 Å². The first kappa shape index (κ1) is 30.3. The Balaban J connectivity index is 1.98. The molecule has 2 amide bonds. The molecular weight excluding hydrogens is 611 g/mol. The van der Waals surface area contributed by atoms with E-state index in [1.54, 1.807) is 11.0 Å². The van der Waals surface area contributed by atoms with Crippen molar-refractivity contribution in [2.45, 2.75) is 50.0 Å². The van der Waals surface area contributed by atoms with Crippen molar-refractivity contribution >= 4 is 40.7 Å². The van der Waals surface area contributed by atoms with Crippen LogP contribution < -0.4 is 14.8 Å². The average molecular weight is 646 g/mol. The lowest BCUT2D eigenvalue weighted by molar-refractivity contribution is -0.141. The molecule has 0 saturated carbocycles. The highest BCUT2D eigenvalue weighted by molar-refractivity contribution is 14.1. The number of ether oxygens (including phenoxy) is 4. The Labute approximate surface area is 235 Å². The fourth-order valence-electron chi connectivity index (χ4n) is 4.60. The average Bonchev–Trinajstić information content (AvgIpc) is 3.44. The highest BCUT2D eigenvalue weighted by Crippen LogP contribution is 2.37. The summed E-state index contributed by atoms with van der Waals surface area (Å²) in [5.74, 6) is -0.0693. The molecule has 38 heavy (non-hydrogen) atoms. The monoisotopic (exact) mass is 646 g/mol. The van der Waals surface area contributed by atoms with E-state index in [9.17, 15) is 24.6 Å². The van der Waals surface area contributed by atoms with E-state index in [1.165, 1.54) is 26.4 Å². The number of nitrogens with zero attached hydrogens (tertiary/aromatic N) is 1. The van der Waals surface area contributed by atoms with E-state index in [2.05, 4.69) is 5.32 Å². The summed E-state index contributed by atoms with van der Waals surface area (Å²) in [5.41, 5.74) is 0.709. The summed E-state index contributed by atoms with van der Waals surface area (Å²) in [6.45, 7) is 0.900. The Morgan fingerprint density at radius 2 is 2.11 bits per heavy atom. The van der Waals surface area contributed by atoms with Gasteiger partial charge in [-0.3, -0.25) is 14.4 Å². The molecule has 0 unspecified atom stereocenters. The van der Waals surface area contributed by atoms with E-state index in [0.29, 0.717) is 39.1 Å². The molecule has 1 fully saturated rings. The van der Waals surface area contributed by atoms with Gasteiger partial charge in [0.15, 0.2) is 11.5 Å². The van der Waals surface area contributed by atoms with Crippen LogP contribution in [0.4, 0.5) is 0 Å². The Kier molecular flexibility index (Phi) is 11.8. The van der Waals surface area contributed by atoms with Gasteiger partial charge in [0.2, 0.25) is 11.8 Å². The second-order valence-corrected chi connectivity index (χ2v) is 10.3. The Bertz CT molecular complexity index is 1010. The number of carbonyl (C=O) groups is 3. The lowest BCUT2D eigenvalue weighted by Gasteiger charge is -2.41. The number of aliphatic hydroxyl groups is 2. The van der Waals surface area contributed by atoms with Gasteiger partial charge in [0.25, 0.3) is 0 Å². The molecule has 210 valence electrons. The van der Waals surface area contributed by atoms with Gasteiger partial charge in [-0.2, -0.15) is 0 Å². The zero-order valence-electron chi connectivity index (χ0n) is 21.6. The third-order valence-electron chi connectivity index (χ3n) is 6.52. The first-order valence-corrected chi connectivity index (χ1v) is 13.6. The molecule has 4 atom stereocenters. The maximum atomic E-state index is 13.3. The summed E-state index contributed by atoms with van der Waals surface area (Å²) in [6, 6.07) is 2.36. The minimum Gasteiger partial charge on any atom is -0.493 e. The topological polar surface area (TPSA) is 144 Å². The molecule has 1 aliphatic carbocycles. The summed E-state index contributed by atoms with van der Waals surface area (Å²) in [5, 5.41) is 23.3. The maximum absolute atomic E-state index is 13.3. The van der Waals surface area contributed by atoms with Crippen LogP contribution in [0.5, 0.6) is 11.5 Å². The predicted octanol–water partition coefficient (Wildman–Crippen LogP) is 1.07. The highest BCUT2D eigenvalue weighted by atomic mass is 127. The summed E-state index contributed by atoms with van der Waals surface area (Å²) in [7, 11) is 2.95. The van der Waals surface area contributed by atoms with Crippen molar-refractivity contribution < 1.29 is 43.5 Å². The number of amides is 2. The number of carbonyl (C=O) groups excluding carboxylic acids is 3. The molecule has 0 bridgehead atoms. The fraction of sp³-hybridized carbons (Fsp3) is 0.577. The molecule has 0 spiro atoms. The van der Waals surface area contributed by atoms with E-state index in [0.717, 1.165) is 12.8 Å². The molecule has 1 aromatic rings. The number of rotatable bonds is 13. The molecule has 3 rings (SSSR count). The lowest BCUT2D eigenvalue weighted by Crippen LogP contribution is -2.56. The summed E-state index contributed by atoms with van der Waals surface area (Å²) in [6.07, 6.45) is 1.69. The zero-order chi connectivity index (χ0) is 27.7. The second-order valence-electron chi connectivity index (χ2n) is 9.09. The molecular formula is C26H35IN2O9. The minimum absolute atomic E-state index is 0.0557. The molecule has 0 radical (unpaired) electrons. The molecule has 1 heterocycles. The molecule has 1 aliphatic heterocycles. The number of hydrogen-bond donors (Lipinski definition) is 3. The lowest BCUT2D eigenvalue weighted by atomic mass is 9.87. The van der Waals surface area contributed by atoms with Gasteiger partial charge in [0.05, 0.1) is 42.5 Å².